The number of rotatable bonds is 7. The smallest absolute Gasteiger partial charge is 0.191 e. The first kappa shape index (κ1) is 19.2. The summed E-state index contributed by atoms with van der Waals surface area (Å²) in [5.74, 6) is 1.78. The van der Waals surface area contributed by atoms with Gasteiger partial charge in [0.1, 0.15) is 0 Å². The van der Waals surface area contributed by atoms with E-state index in [1.54, 1.807) is 0 Å². The Hall–Kier alpha value is -1.59. The molecule has 1 heterocycles. The fraction of sp³-hybridized carbons (Fsp3) is 0.667. The normalized spacial score (nSPS) is 24.5. The number of ether oxygens (including phenoxy) is 1. The van der Waals surface area contributed by atoms with Crippen LogP contribution in [0.5, 0.6) is 0 Å². The van der Waals surface area contributed by atoms with Gasteiger partial charge < -0.3 is 15.4 Å². The standard InChI is InChI=1S/C21H34N4O/c1-4-22-21(23-11-18-9-10-18)24-12-19-7-5-6-8-20(19)15-25-13-16(2)26-17(3)14-25/h5-8,16-18H,4,9-15H2,1-3H3,(H2,22,23,24). The number of hydrogen-bond donors (Lipinski definition) is 2. The Morgan fingerprint density at radius 2 is 1.81 bits per heavy atom. The van der Waals surface area contributed by atoms with Crippen LogP contribution in [0.25, 0.3) is 0 Å². The Morgan fingerprint density at radius 3 is 2.46 bits per heavy atom. The van der Waals surface area contributed by atoms with E-state index in [2.05, 4.69) is 60.6 Å². The quantitative estimate of drug-likeness (QED) is 0.581. The molecule has 2 unspecified atom stereocenters. The summed E-state index contributed by atoms with van der Waals surface area (Å²) >= 11 is 0. The van der Waals surface area contributed by atoms with Crippen molar-refractivity contribution in [2.45, 2.75) is 58.9 Å². The van der Waals surface area contributed by atoms with E-state index in [0.717, 1.165) is 44.6 Å². The summed E-state index contributed by atoms with van der Waals surface area (Å²) < 4.78 is 5.86. The molecule has 0 aromatic heterocycles. The van der Waals surface area contributed by atoms with Gasteiger partial charge in [-0.05, 0) is 50.7 Å². The zero-order valence-corrected chi connectivity index (χ0v) is 16.5. The van der Waals surface area contributed by atoms with Crippen LogP contribution in [0, 0.1) is 5.92 Å². The van der Waals surface area contributed by atoms with Crippen molar-refractivity contribution >= 4 is 5.96 Å². The SMILES string of the molecule is CCNC(=NCc1ccccc1CN1CC(C)OC(C)C1)NCC1CC1. The van der Waals surface area contributed by atoms with Gasteiger partial charge in [-0.1, -0.05) is 24.3 Å². The number of hydrogen-bond acceptors (Lipinski definition) is 3. The van der Waals surface area contributed by atoms with Crippen LogP contribution in [0.15, 0.2) is 29.3 Å². The summed E-state index contributed by atoms with van der Waals surface area (Å²) in [5.41, 5.74) is 2.68. The molecular formula is C21H34N4O. The summed E-state index contributed by atoms with van der Waals surface area (Å²) in [5, 5.41) is 6.84. The van der Waals surface area contributed by atoms with Crippen molar-refractivity contribution in [2.75, 3.05) is 26.2 Å². The van der Waals surface area contributed by atoms with Crippen LogP contribution in [-0.4, -0.2) is 49.2 Å². The summed E-state index contributed by atoms with van der Waals surface area (Å²) in [6.07, 6.45) is 3.31. The Morgan fingerprint density at radius 1 is 1.12 bits per heavy atom. The van der Waals surface area contributed by atoms with Gasteiger partial charge in [0, 0.05) is 32.7 Å². The van der Waals surface area contributed by atoms with Crippen molar-refractivity contribution in [1.29, 1.82) is 0 Å². The van der Waals surface area contributed by atoms with Crippen LogP contribution in [0.2, 0.25) is 0 Å². The minimum absolute atomic E-state index is 0.302. The number of morpholine rings is 1. The second-order valence-electron chi connectivity index (χ2n) is 7.74. The lowest BCUT2D eigenvalue weighted by molar-refractivity contribution is -0.0705. The lowest BCUT2D eigenvalue weighted by Gasteiger charge is -2.35. The largest absolute Gasteiger partial charge is 0.373 e. The number of guanidine groups is 1. The molecule has 5 nitrogen and oxygen atoms in total. The molecule has 0 bridgehead atoms. The van der Waals surface area contributed by atoms with Crippen molar-refractivity contribution in [2.24, 2.45) is 10.9 Å². The molecule has 26 heavy (non-hydrogen) atoms. The first-order valence-electron chi connectivity index (χ1n) is 10.1. The topological polar surface area (TPSA) is 48.9 Å². The van der Waals surface area contributed by atoms with Crippen molar-refractivity contribution in [1.82, 2.24) is 15.5 Å². The van der Waals surface area contributed by atoms with E-state index in [4.69, 9.17) is 9.73 Å². The zero-order chi connectivity index (χ0) is 18.4. The maximum atomic E-state index is 5.86. The van der Waals surface area contributed by atoms with Gasteiger partial charge in [0.2, 0.25) is 0 Å². The van der Waals surface area contributed by atoms with Gasteiger partial charge in [-0.2, -0.15) is 0 Å². The van der Waals surface area contributed by atoms with E-state index in [1.807, 2.05) is 0 Å². The van der Waals surface area contributed by atoms with Crippen LogP contribution in [0.3, 0.4) is 0 Å². The lowest BCUT2D eigenvalue weighted by atomic mass is 10.1. The molecule has 1 aromatic rings. The minimum atomic E-state index is 0.302. The number of nitrogens with zero attached hydrogens (tertiary/aromatic N) is 2. The highest BCUT2D eigenvalue weighted by molar-refractivity contribution is 5.79. The summed E-state index contributed by atoms with van der Waals surface area (Å²) in [7, 11) is 0. The molecule has 1 saturated heterocycles. The fourth-order valence-corrected chi connectivity index (χ4v) is 3.59. The Kier molecular flexibility index (Phi) is 6.92. The summed E-state index contributed by atoms with van der Waals surface area (Å²) in [6, 6.07) is 8.69. The molecule has 1 aliphatic carbocycles. The Labute approximate surface area is 158 Å². The van der Waals surface area contributed by atoms with Crippen LogP contribution >= 0.6 is 0 Å². The van der Waals surface area contributed by atoms with Gasteiger partial charge in [0.25, 0.3) is 0 Å². The molecule has 1 saturated carbocycles. The molecule has 1 aliphatic heterocycles. The molecule has 2 atom stereocenters. The van der Waals surface area contributed by atoms with Crippen molar-refractivity contribution in [3.63, 3.8) is 0 Å². The minimum Gasteiger partial charge on any atom is -0.373 e. The van der Waals surface area contributed by atoms with Crippen molar-refractivity contribution < 1.29 is 4.74 Å². The highest BCUT2D eigenvalue weighted by atomic mass is 16.5. The van der Waals surface area contributed by atoms with Crippen molar-refractivity contribution in [3.05, 3.63) is 35.4 Å². The highest BCUT2D eigenvalue weighted by Gasteiger charge is 2.23. The van der Waals surface area contributed by atoms with E-state index in [9.17, 15) is 0 Å². The average molecular weight is 359 g/mol. The molecule has 144 valence electrons. The van der Waals surface area contributed by atoms with E-state index < -0.39 is 0 Å². The van der Waals surface area contributed by atoms with E-state index in [-0.39, 0.29) is 0 Å². The molecule has 0 spiro atoms. The van der Waals surface area contributed by atoms with Crippen LogP contribution in [0.4, 0.5) is 0 Å². The number of nitrogens with one attached hydrogen (secondary N) is 2. The van der Waals surface area contributed by atoms with E-state index in [1.165, 1.54) is 24.0 Å². The number of benzene rings is 1. The highest BCUT2D eigenvalue weighted by Crippen LogP contribution is 2.27. The third-order valence-electron chi connectivity index (χ3n) is 5.01. The zero-order valence-electron chi connectivity index (χ0n) is 16.5. The molecule has 5 heteroatoms. The lowest BCUT2D eigenvalue weighted by Crippen LogP contribution is -2.44. The Balaban J connectivity index is 1.62. The van der Waals surface area contributed by atoms with Crippen molar-refractivity contribution in [3.8, 4) is 0 Å². The predicted molar refractivity (Wildman–Crippen MR) is 107 cm³/mol. The first-order chi connectivity index (χ1) is 12.6. The van der Waals surface area contributed by atoms with Gasteiger partial charge in [0.05, 0.1) is 18.8 Å². The van der Waals surface area contributed by atoms with Crippen LogP contribution in [0.1, 0.15) is 44.7 Å². The van der Waals surface area contributed by atoms with Gasteiger partial charge in [-0.25, -0.2) is 4.99 Å². The second-order valence-corrected chi connectivity index (χ2v) is 7.74. The molecule has 1 aromatic carbocycles. The van der Waals surface area contributed by atoms with Gasteiger partial charge >= 0.3 is 0 Å². The summed E-state index contributed by atoms with van der Waals surface area (Å²) in [4.78, 5) is 7.32. The van der Waals surface area contributed by atoms with Gasteiger partial charge in [0.15, 0.2) is 5.96 Å². The molecule has 0 radical (unpaired) electrons. The van der Waals surface area contributed by atoms with Crippen LogP contribution in [-0.2, 0) is 17.8 Å². The number of aliphatic imine (C=N–C) groups is 1. The molecule has 2 aliphatic rings. The maximum Gasteiger partial charge on any atom is 0.191 e. The Bertz CT molecular complexity index is 589. The van der Waals surface area contributed by atoms with E-state index in [0.29, 0.717) is 18.8 Å². The maximum absolute atomic E-state index is 5.86. The third-order valence-corrected chi connectivity index (χ3v) is 5.01. The fourth-order valence-electron chi connectivity index (χ4n) is 3.59. The summed E-state index contributed by atoms with van der Waals surface area (Å²) in [6.45, 7) is 12.0. The van der Waals surface area contributed by atoms with Gasteiger partial charge in [-0.3, -0.25) is 4.90 Å². The third kappa shape index (κ3) is 5.99. The molecule has 2 fully saturated rings. The predicted octanol–water partition coefficient (Wildman–Crippen LogP) is 2.76. The monoisotopic (exact) mass is 358 g/mol. The van der Waals surface area contributed by atoms with Gasteiger partial charge in [-0.15, -0.1) is 0 Å². The van der Waals surface area contributed by atoms with Crippen LogP contribution < -0.4 is 10.6 Å². The molecule has 0 amide bonds. The average Bonchev–Trinajstić information content (AvgIpc) is 3.42. The van der Waals surface area contributed by atoms with E-state index >= 15 is 0 Å². The first-order valence-corrected chi connectivity index (χ1v) is 10.1. The second kappa shape index (κ2) is 9.38. The molecule has 3 rings (SSSR count). The molecule has 2 N–H and O–H groups in total. The molecular weight excluding hydrogens is 324 g/mol.